The maximum absolute atomic E-state index is 12.9. The highest BCUT2D eigenvalue weighted by Gasteiger charge is 2.42. The van der Waals surface area contributed by atoms with Gasteiger partial charge >= 0.3 is 18.2 Å². The topological polar surface area (TPSA) is 123 Å². The van der Waals surface area contributed by atoms with Gasteiger partial charge in [0.05, 0.1) is 12.2 Å². The number of aromatic carboxylic acids is 1. The van der Waals surface area contributed by atoms with Crippen LogP contribution in [0.2, 0.25) is 0 Å². The van der Waals surface area contributed by atoms with Gasteiger partial charge in [0.1, 0.15) is 5.60 Å². The van der Waals surface area contributed by atoms with Gasteiger partial charge in [-0.25, -0.2) is 14.6 Å². The van der Waals surface area contributed by atoms with Crippen molar-refractivity contribution in [2.24, 2.45) is 5.84 Å². The number of ether oxygens (including phenoxy) is 1. The number of nitrogens with two attached hydrogens (primary N) is 1. The van der Waals surface area contributed by atoms with E-state index in [2.05, 4.69) is 16.3 Å². The Kier molecular flexibility index (Phi) is 6.60. The van der Waals surface area contributed by atoms with Gasteiger partial charge in [0, 0.05) is 13.1 Å². The Balaban J connectivity index is 0.00000105. The molecule has 148 valence electrons. The lowest BCUT2D eigenvalue weighted by atomic mass is 10.2. The smallest absolute Gasteiger partial charge is 0.449 e. The Hall–Kier alpha value is -2.34. The number of amides is 1. The lowest BCUT2D eigenvalue weighted by Gasteiger charge is -2.31. The Labute approximate surface area is 147 Å². The molecule has 2 heterocycles. The summed E-state index contributed by atoms with van der Waals surface area (Å²) in [5, 5.41) is 9.05. The van der Waals surface area contributed by atoms with Gasteiger partial charge in [0.25, 0.3) is 0 Å². The first kappa shape index (κ1) is 21.7. The lowest BCUT2D eigenvalue weighted by Crippen LogP contribution is -2.42. The van der Waals surface area contributed by atoms with E-state index in [9.17, 15) is 22.8 Å². The molecule has 0 atom stereocenters. The number of carboxylic acid groups (broad SMARTS) is 1. The molecule has 0 spiro atoms. The van der Waals surface area contributed by atoms with E-state index in [1.165, 1.54) is 0 Å². The first-order valence-electron chi connectivity index (χ1n) is 7.57. The summed E-state index contributed by atoms with van der Waals surface area (Å²) in [5.41, 5.74) is 0.620. The quantitative estimate of drug-likeness (QED) is 0.497. The van der Waals surface area contributed by atoms with Crippen LogP contribution in [0.15, 0.2) is 0 Å². The number of nitrogens with zero attached hydrogens (tertiary/aromatic N) is 3. The molecule has 4 N–H and O–H groups in total. The summed E-state index contributed by atoms with van der Waals surface area (Å²) < 4.78 is 44.8. The highest BCUT2D eigenvalue weighted by atomic mass is 19.4. The van der Waals surface area contributed by atoms with E-state index in [0.717, 1.165) is 9.47 Å². The maximum Gasteiger partial charge on any atom is 0.449 e. The molecule has 0 saturated heterocycles. The average Bonchev–Trinajstić information content (AvgIpc) is 2.85. The predicted molar refractivity (Wildman–Crippen MR) is 84.1 cm³/mol. The molecule has 0 aliphatic carbocycles. The van der Waals surface area contributed by atoms with E-state index in [1.54, 1.807) is 27.8 Å². The van der Waals surface area contributed by atoms with Gasteiger partial charge in [0.2, 0.25) is 5.82 Å². The Bertz CT molecular complexity index is 667. The molecule has 1 aromatic rings. The Morgan fingerprint density at radius 2 is 1.81 bits per heavy atom. The van der Waals surface area contributed by atoms with Crippen LogP contribution in [-0.4, -0.2) is 50.8 Å². The number of hydrogen-bond donors (Lipinski definition) is 3. The minimum absolute atomic E-state index is 0.0274. The van der Waals surface area contributed by atoms with Crippen molar-refractivity contribution >= 4 is 12.1 Å². The van der Waals surface area contributed by atoms with Gasteiger partial charge in [-0.2, -0.15) is 13.2 Å². The number of rotatable bonds is 1. The molecule has 12 heteroatoms. The zero-order valence-corrected chi connectivity index (χ0v) is 14.8. The molecular weight excluding hydrogens is 359 g/mol. The fourth-order valence-corrected chi connectivity index (χ4v) is 2.24. The van der Waals surface area contributed by atoms with Crippen molar-refractivity contribution in [2.45, 2.75) is 45.6 Å². The molecule has 1 aliphatic rings. The van der Waals surface area contributed by atoms with Crippen molar-refractivity contribution in [3.05, 3.63) is 17.2 Å². The monoisotopic (exact) mass is 381 g/mol. The highest BCUT2D eigenvalue weighted by molar-refractivity contribution is 5.87. The molecule has 0 bridgehead atoms. The number of hydrazine groups is 1. The number of carboxylic acids is 1. The second kappa shape index (κ2) is 7.91. The number of nitrogens with one attached hydrogen (secondary N) is 1. The second-order valence-corrected chi connectivity index (χ2v) is 6.38. The molecule has 0 unspecified atom stereocenters. The first-order chi connectivity index (χ1) is 11.8. The van der Waals surface area contributed by atoms with E-state index < -0.39 is 35.4 Å². The Morgan fingerprint density at radius 1 is 1.27 bits per heavy atom. The number of aromatic nitrogens is 2. The molecule has 1 amide bonds. The lowest BCUT2D eigenvalue weighted by molar-refractivity contribution is -0.147. The fraction of sp³-hybridized carbons (Fsp3) is 0.643. The number of fused-ring (bicyclic) bond motifs is 1. The fourth-order valence-electron chi connectivity index (χ4n) is 2.24. The molecule has 0 fully saturated rings. The van der Waals surface area contributed by atoms with Crippen LogP contribution in [0.25, 0.3) is 0 Å². The van der Waals surface area contributed by atoms with Crippen LogP contribution < -0.4 is 11.3 Å². The normalized spacial score (nSPS) is 14.2. The summed E-state index contributed by atoms with van der Waals surface area (Å²) in [5.74, 6) is 1.75. The highest BCUT2D eigenvalue weighted by Crippen LogP contribution is 2.32. The number of carbonyl (C=O) groups excluding carboxylic acids is 1. The summed E-state index contributed by atoms with van der Waals surface area (Å²) in [6.07, 6.45) is -5.48. The third-order valence-electron chi connectivity index (χ3n) is 3.11. The molecule has 26 heavy (non-hydrogen) atoms. The average molecular weight is 381 g/mol. The van der Waals surface area contributed by atoms with E-state index >= 15 is 0 Å². The van der Waals surface area contributed by atoms with Crippen molar-refractivity contribution in [3.8, 4) is 0 Å². The SMILES string of the molecule is CC(C)(C)OC(=O)N1CCn2c(C(F)(F)F)nc(C(=O)O)c2C1.CNN. The molecule has 0 aromatic carbocycles. The predicted octanol–water partition coefficient (Wildman–Crippen LogP) is 1.43. The van der Waals surface area contributed by atoms with Gasteiger partial charge in [-0.15, -0.1) is 0 Å². The minimum Gasteiger partial charge on any atom is -0.476 e. The standard InChI is InChI=1S/C13H16F3N3O4.CH6N2/c1-12(2,3)23-11(22)18-4-5-19-7(6-18)8(9(20)21)17-10(19)13(14,15)16;1-3-2/h4-6H2,1-3H3,(H,20,21);3H,2H2,1H3. The summed E-state index contributed by atoms with van der Waals surface area (Å²) in [4.78, 5) is 27.5. The van der Waals surface area contributed by atoms with Crippen LogP contribution >= 0.6 is 0 Å². The second-order valence-electron chi connectivity index (χ2n) is 6.38. The van der Waals surface area contributed by atoms with Crippen molar-refractivity contribution in [1.29, 1.82) is 0 Å². The first-order valence-corrected chi connectivity index (χ1v) is 7.57. The molecule has 0 radical (unpaired) electrons. The molecular formula is C14H22F3N5O4. The number of alkyl halides is 3. The van der Waals surface area contributed by atoms with Gasteiger partial charge in [-0.05, 0) is 27.8 Å². The maximum atomic E-state index is 12.9. The van der Waals surface area contributed by atoms with Crippen molar-refractivity contribution in [3.63, 3.8) is 0 Å². The third kappa shape index (κ3) is 5.33. The molecule has 1 aromatic heterocycles. The zero-order valence-electron chi connectivity index (χ0n) is 14.8. The number of imidazole rings is 1. The number of carbonyl (C=O) groups is 2. The molecule has 1 aliphatic heterocycles. The Morgan fingerprint density at radius 3 is 2.23 bits per heavy atom. The van der Waals surface area contributed by atoms with Crippen molar-refractivity contribution in [2.75, 3.05) is 13.6 Å². The zero-order chi connectivity index (χ0) is 20.3. The van der Waals surface area contributed by atoms with Gasteiger partial charge in [0.15, 0.2) is 5.69 Å². The van der Waals surface area contributed by atoms with Crippen LogP contribution in [-0.2, 0) is 24.0 Å². The van der Waals surface area contributed by atoms with E-state index in [4.69, 9.17) is 9.84 Å². The van der Waals surface area contributed by atoms with Crippen LogP contribution in [0.1, 0.15) is 42.8 Å². The summed E-state index contributed by atoms with van der Waals surface area (Å²) >= 11 is 0. The third-order valence-corrected chi connectivity index (χ3v) is 3.11. The molecule has 2 rings (SSSR count). The van der Waals surface area contributed by atoms with E-state index in [0.29, 0.717) is 0 Å². The van der Waals surface area contributed by atoms with Crippen LogP contribution in [0, 0.1) is 0 Å². The largest absolute Gasteiger partial charge is 0.476 e. The van der Waals surface area contributed by atoms with Gasteiger partial charge in [-0.1, -0.05) is 0 Å². The minimum atomic E-state index is -4.77. The summed E-state index contributed by atoms with van der Waals surface area (Å²) in [6, 6.07) is 0. The van der Waals surface area contributed by atoms with Crippen molar-refractivity contribution < 1.29 is 32.6 Å². The van der Waals surface area contributed by atoms with Crippen LogP contribution in [0.4, 0.5) is 18.0 Å². The van der Waals surface area contributed by atoms with Crippen LogP contribution in [0.3, 0.4) is 0 Å². The molecule has 0 saturated carbocycles. The van der Waals surface area contributed by atoms with E-state index in [1.807, 2.05) is 0 Å². The van der Waals surface area contributed by atoms with E-state index in [-0.39, 0.29) is 25.3 Å². The van der Waals surface area contributed by atoms with Gasteiger partial charge in [-0.3, -0.25) is 11.3 Å². The molecule has 9 nitrogen and oxygen atoms in total. The summed E-state index contributed by atoms with van der Waals surface area (Å²) in [7, 11) is 1.65. The van der Waals surface area contributed by atoms with Crippen LogP contribution in [0.5, 0.6) is 0 Å². The van der Waals surface area contributed by atoms with Gasteiger partial charge < -0.3 is 19.3 Å². The number of halogens is 3. The number of hydrogen-bond acceptors (Lipinski definition) is 6. The van der Waals surface area contributed by atoms with Crippen molar-refractivity contribution in [1.82, 2.24) is 19.9 Å². The summed E-state index contributed by atoms with van der Waals surface area (Å²) in [6.45, 7) is 4.43.